The second kappa shape index (κ2) is 2.48. The standard InChI is InChI=1S/2C2H3O.Mo.2O/c2*1-2-3;;;/h2*1H3;;;. The average molecular weight is 214 g/mol. The molecule has 0 fully saturated rings. The summed E-state index contributed by atoms with van der Waals surface area (Å²) in [6.45, 7) is 1.78. The van der Waals surface area contributed by atoms with Gasteiger partial charge < -0.3 is 0 Å². The first-order valence-electron chi connectivity index (χ1n) is 2.15. The van der Waals surface area contributed by atoms with E-state index >= 15 is 0 Å². The van der Waals surface area contributed by atoms with Crippen LogP contribution in [0.15, 0.2) is 0 Å². The van der Waals surface area contributed by atoms with Crippen LogP contribution in [0.1, 0.15) is 13.8 Å². The molecule has 0 aliphatic rings. The van der Waals surface area contributed by atoms with Gasteiger partial charge >= 0.3 is 54.6 Å². The Hall–Kier alpha value is -0.372. The molecule has 0 N–H and O–H groups in total. The number of hydrogen-bond acceptors (Lipinski definition) is 4. The number of carbonyl (C=O) groups excluding carboxylic acids is 2. The number of carbonyl (C=O) groups is 2. The summed E-state index contributed by atoms with van der Waals surface area (Å²) in [5, 5.41) is 0. The molecule has 0 heterocycles. The van der Waals surface area contributed by atoms with Crippen LogP contribution in [0.5, 0.6) is 0 Å². The van der Waals surface area contributed by atoms with Crippen molar-refractivity contribution in [1.82, 2.24) is 0 Å². The van der Waals surface area contributed by atoms with Gasteiger partial charge in [-0.2, -0.15) is 0 Å². The maximum atomic E-state index is 10.4. The molecular weight excluding hydrogens is 208 g/mol. The molecule has 0 aliphatic heterocycles. The summed E-state index contributed by atoms with van der Waals surface area (Å²) in [6, 6.07) is 0. The van der Waals surface area contributed by atoms with Crippen molar-refractivity contribution in [2.45, 2.75) is 13.8 Å². The SMILES string of the molecule is C[C](=O)[Mo](=[O])(=[O])[C](C)=O. The second-order valence-corrected chi connectivity index (χ2v) is 6.79. The van der Waals surface area contributed by atoms with Crippen LogP contribution in [-0.2, 0) is 32.4 Å². The fourth-order valence-electron chi connectivity index (χ4n) is 0.202. The quantitative estimate of drug-likeness (QED) is 0.603. The molecular formula is C4H6MoO4. The van der Waals surface area contributed by atoms with Gasteiger partial charge in [-0.15, -0.1) is 0 Å². The summed E-state index contributed by atoms with van der Waals surface area (Å²) in [6.07, 6.45) is 0. The predicted molar refractivity (Wildman–Crippen MR) is 22.7 cm³/mol. The molecule has 0 rings (SSSR count). The molecule has 0 aromatic rings. The van der Waals surface area contributed by atoms with Crippen molar-refractivity contribution in [1.29, 1.82) is 0 Å². The van der Waals surface area contributed by atoms with Crippen molar-refractivity contribution < 1.29 is 32.4 Å². The van der Waals surface area contributed by atoms with E-state index in [9.17, 15) is 16.4 Å². The molecule has 0 aromatic heterocycles. The van der Waals surface area contributed by atoms with Gasteiger partial charge in [0, 0.05) is 0 Å². The first-order valence-corrected chi connectivity index (χ1v) is 5.80. The monoisotopic (exact) mass is 216 g/mol. The minimum atomic E-state index is -5.14. The average Bonchev–Trinajstić information content (AvgIpc) is 1.65. The zero-order chi connectivity index (χ0) is 7.65. The second-order valence-electron chi connectivity index (χ2n) is 1.49. The Morgan fingerprint density at radius 1 is 1.00 bits per heavy atom. The van der Waals surface area contributed by atoms with Crippen molar-refractivity contribution in [3.63, 3.8) is 0 Å². The normalized spacial score (nSPS) is 10.9. The zero-order valence-corrected chi connectivity index (χ0v) is 7.05. The van der Waals surface area contributed by atoms with Crippen LogP contribution in [0.4, 0.5) is 0 Å². The third-order valence-electron chi connectivity index (χ3n) is 0.757. The Kier molecular flexibility index (Phi) is 2.38. The van der Waals surface area contributed by atoms with E-state index in [0.717, 1.165) is 13.8 Å². The molecule has 52 valence electrons. The minimum absolute atomic E-state index is 0.891. The van der Waals surface area contributed by atoms with Crippen LogP contribution >= 0.6 is 0 Å². The molecule has 0 bridgehead atoms. The molecule has 4 nitrogen and oxygen atoms in total. The van der Waals surface area contributed by atoms with Crippen molar-refractivity contribution >= 4 is 8.35 Å². The Balaban J connectivity index is 4.87. The van der Waals surface area contributed by atoms with Crippen LogP contribution in [0.3, 0.4) is 0 Å². The Labute approximate surface area is 55.0 Å². The van der Waals surface area contributed by atoms with Gasteiger partial charge in [-0.1, -0.05) is 0 Å². The first-order chi connectivity index (χ1) is 3.89. The predicted octanol–water partition coefficient (Wildman–Crippen LogP) is -0.0757. The van der Waals surface area contributed by atoms with Gasteiger partial charge in [0.2, 0.25) is 0 Å². The summed E-state index contributed by atoms with van der Waals surface area (Å²) in [7, 11) is 0. The summed E-state index contributed by atoms with van der Waals surface area (Å²) in [5.74, 6) is 0. The van der Waals surface area contributed by atoms with E-state index in [0.29, 0.717) is 0 Å². The molecule has 0 amide bonds. The van der Waals surface area contributed by atoms with Crippen LogP contribution in [0.25, 0.3) is 0 Å². The van der Waals surface area contributed by atoms with E-state index in [1.807, 2.05) is 0 Å². The maximum absolute atomic E-state index is 10.4. The van der Waals surface area contributed by atoms with Crippen molar-refractivity contribution in [3.8, 4) is 0 Å². The van der Waals surface area contributed by atoms with Crippen molar-refractivity contribution in [2.24, 2.45) is 0 Å². The van der Waals surface area contributed by atoms with Gasteiger partial charge in [-0.25, -0.2) is 0 Å². The third-order valence-corrected chi connectivity index (χ3v) is 4.48. The summed E-state index contributed by atoms with van der Waals surface area (Å²) < 4.78 is 18.9. The van der Waals surface area contributed by atoms with Gasteiger partial charge in [-0.05, 0) is 0 Å². The van der Waals surface area contributed by atoms with Gasteiger partial charge in [0.1, 0.15) is 0 Å². The molecule has 0 spiro atoms. The summed E-state index contributed by atoms with van der Waals surface area (Å²) in [4.78, 5) is 20.3. The Morgan fingerprint density at radius 3 is 1.22 bits per heavy atom. The molecule has 0 aromatic carbocycles. The fourth-order valence-corrected chi connectivity index (χ4v) is 1.20. The van der Waals surface area contributed by atoms with Crippen LogP contribution in [-0.4, -0.2) is 8.35 Å². The molecule has 0 saturated heterocycles. The fraction of sp³-hybridized carbons (Fsp3) is 0.500. The number of hydrogen-bond donors (Lipinski definition) is 0. The van der Waals surface area contributed by atoms with Gasteiger partial charge in [0.25, 0.3) is 0 Å². The van der Waals surface area contributed by atoms with E-state index in [-0.39, 0.29) is 0 Å². The Morgan fingerprint density at radius 2 is 1.22 bits per heavy atom. The molecule has 5 heteroatoms. The Bertz CT molecular complexity index is 215. The van der Waals surface area contributed by atoms with E-state index in [1.165, 1.54) is 0 Å². The van der Waals surface area contributed by atoms with Crippen LogP contribution < -0.4 is 0 Å². The molecule has 0 saturated carbocycles. The van der Waals surface area contributed by atoms with E-state index in [4.69, 9.17) is 0 Å². The molecule has 0 aliphatic carbocycles. The van der Waals surface area contributed by atoms with Gasteiger partial charge in [0.15, 0.2) is 0 Å². The van der Waals surface area contributed by atoms with Gasteiger partial charge in [-0.3, -0.25) is 0 Å². The summed E-state index contributed by atoms with van der Waals surface area (Å²) >= 11 is -5.14. The molecule has 0 unspecified atom stereocenters. The third kappa shape index (κ3) is 1.79. The van der Waals surface area contributed by atoms with Crippen molar-refractivity contribution in [3.05, 3.63) is 0 Å². The van der Waals surface area contributed by atoms with Crippen molar-refractivity contribution in [2.75, 3.05) is 0 Å². The molecule has 0 radical (unpaired) electrons. The molecule has 0 atom stereocenters. The van der Waals surface area contributed by atoms with E-state index in [1.54, 1.807) is 0 Å². The molecule has 9 heavy (non-hydrogen) atoms. The van der Waals surface area contributed by atoms with E-state index in [2.05, 4.69) is 0 Å². The summed E-state index contributed by atoms with van der Waals surface area (Å²) in [5.41, 5.74) is 0. The zero-order valence-electron chi connectivity index (χ0n) is 5.04. The number of rotatable bonds is 2. The first kappa shape index (κ1) is 8.63. The van der Waals surface area contributed by atoms with Crippen LogP contribution in [0, 0.1) is 0 Å². The van der Waals surface area contributed by atoms with Gasteiger partial charge in [0.05, 0.1) is 0 Å². The topological polar surface area (TPSA) is 68.3 Å². The van der Waals surface area contributed by atoms with E-state index < -0.39 is 24.3 Å². The van der Waals surface area contributed by atoms with Crippen LogP contribution in [0.2, 0.25) is 0 Å².